The van der Waals surface area contributed by atoms with Gasteiger partial charge in [0.05, 0.1) is 23.1 Å². The smallest absolute Gasteiger partial charge is 0.243 e. The molecule has 3 aromatic rings. The molecule has 0 bridgehead atoms. The molecule has 1 aromatic carbocycles. The van der Waals surface area contributed by atoms with Crippen molar-refractivity contribution in [2.24, 2.45) is 5.10 Å². The molecule has 27 heavy (non-hydrogen) atoms. The minimum absolute atomic E-state index is 0.284. The van der Waals surface area contributed by atoms with E-state index in [4.69, 9.17) is 4.42 Å². The van der Waals surface area contributed by atoms with Gasteiger partial charge >= 0.3 is 0 Å². The number of aromatic nitrogens is 1. The zero-order valence-electron chi connectivity index (χ0n) is 15.0. The predicted molar refractivity (Wildman–Crippen MR) is 108 cm³/mol. The number of nitrogens with one attached hydrogen (secondary N) is 1. The molecule has 1 N–H and O–H groups in total. The molecule has 0 fully saturated rings. The van der Waals surface area contributed by atoms with E-state index in [1.165, 1.54) is 15.6 Å². The Balaban J connectivity index is 1.71. The summed E-state index contributed by atoms with van der Waals surface area (Å²) < 4.78 is 31.7. The fourth-order valence-corrected chi connectivity index (χ4v) is 4.61. The Hall–Kier alpha value is -2.49. The zero-order chi connectivity index (χ0) is 19.3. The Kier molecular flexibility index (Phi) is 6.04. The summed E-state index contributed by atoms with van der Waals surface area (Å²) in [6.45, 7) is 4.54. The number of thiazole rings is 1. The van der Waals surface area contributed by atoms with Crippen molar-refractivity contribution < 1.29 is 12.8 Å². The van der Waals surface area contributed by atoms with E-state index in [0.717, 1.165) is 11.3 Å². The van der Waals surface area contributed by atoms with Gasteiger partial charge in [0.15, 0.2) is 0 Å². The molecule has 7 nitrogen and oxygen atoms in total. The van der Waals surface area contributed by atoms with E-state index in [1.807, 2.05) is 19.2 Å². The van der Waals surface area contributed by atoms with Gasteiger partial charge in [0.25, 0.3) is 0 Å². The number of rotatable bonds is 8. The molecule has 0 spiro atoms. The molecule has 0 saturated carbocycles. The van der Waals surface area contributed by atoms with Crippen LogP contribution in [0.5, 0.6) is 0 Å². The van der Waals surface area contributed by atoms with Gasteiger partial charge in [0.2, 0.25) is 15.2 Å². The maximum atomic E-state index is 12.5. The Morgan fingerprint density at radius 3 is 2.59 bits per heavy atom. The first kappa shape index (κ1) is 19.3. The first-order chi connectivity index (χ1) is 13.0. The van der Waals surface area contributed by atoms with Gasteiger partial charge in [0.1, 0.15) is 5.76 Å². The van der Waals surface area contributed by atoms with Crippen LogP contribution in [0.3, 0.4) is 0 Å². The van der Waals surface area contributed by atoms with E-state index in [2.05, 4.69) is 15.5 Å². The Labute approximate surface area is 162 Å². The summed E-state index contributed by atoms with van der Waals surface area (Å²) in [6.07, 6.45) is 3.14. The van der Waals surface area contributed by atoms with Crippen LogP contribution in [0.4, 0.5) is 5.13 Å². The molecular weight excluding hydrogens is 384 g/mol. The molecule has 0 aliphatic heterocycles. The monoisotopic (exact) mass is 404 g/mol. The molecule has 0 aliphatic rings. The van der Waals surface area contributed by atoms with Crippen LogP contribution >= 0.6 is 11.3 Å². The van der Waals surface area contributed by atoms with E-state index < -0.39 is 10.0 Å². The number of anilines is 1. The zero-order valence-corrected chi connectivity index (χ0v) is 16.6. The Morgan fingerprint density at radius 2 is 1.96 bits per heavy atom. The van der Waals surface area contributed by atoms with Gasteiger partial charge in [-0.3, -0.25) is 5.43 Å². The SMILES string of the molecule is CCN(CC)S(=O)(=O)c1ccc(-c2csc(NN=Cc3ccco3)n2)cc1. The molecule has 2 aromatic heterocycles. The maximum absolute atomic E-state index is 12.5. The van der Waals surface area contributed by atoms with Gasteiger partial charge in [0, 0.05) is 24.0 Å². The summed E-state index contributed by atoms with van der Waals surface area (Å²) in [4.78, 5) is 4.75. The minimum atomic E-state index is -3.45. The topological polar surface area (TPSA) is 87.8 Å². The van der Waals surface area contributed by atoms with Crippen LogP contribution in [0.2, 0.25) is 0 Å². The lowest BCUT2D eigenvalue weighted by Gasteiger charge is -2.18. The van der Waals surface area contributed by atoms with Crippen LogP contribution in [-0.4, -0.2) is 37.0 Å². The Morgan fingerprint density at radius 1 is 1.22 bits per heavy atom. The third-order valence-electron chi connectivity index (χ3n) is 3.89. The number of hydrazone groups is 1. The van der Waals surface area contributed by atoms with Gasteiger partial charge in [-0.15, -0.1) is 11.3 Å². The van der Waals surface area contributed by atoms with Crippen molar-refractivity contribution in [3.05, 3.63) is 53.8 Å². The minimum Gasteiger partial charge on any atom is -0.463 e. The van der Waals surface area contributed by atoms with Crippen molar-refractivity contribution in [1.82, 2.24) is 9.29 Å². The van der Waals surface area contributed by atoms with E-state index in [9.17, 15) is 8.42 Å². The molecule has 0 saturated heterocycles. The summed E-state index contributed by atoms with van der Waals surface area (Å²) in [5, 5.41) is 6.59. The molecule has 142 valence electrons. The van der Waals surface area contributed by atoms with Gasteiger partial charge < -0.3 is 4.42 Å². The summed E-state index contributed by atoms with van der Waals surface area (Å²) in [6, 6.07) is 10.3. The standard InChI is InChI=1S/C18H20N4O3S2/c1-3-22(4-2)27(23,24)16-9-7-14(8-10-16)17-13-26-18(20-17)21-19-12-15-6-5-11-25-15/h5-13H,3-4H2,1-2H3,(H,20,21). The first-order valence-electron chi connectivity index (χ1n) is 8.43. The average molecular weight is 405 g/mol. The van der Waals surface area contributed by atoms with E-state index in [0.29, 0.717) is 24.0 Å². The van der Waals surface area contributed by atoms with Crippen molar-refractivity contribution in [3.63, 3.8) is 0 Å². The third kappa shape index (κ3) is 4.44. The lowest BCUT2D eigenvalue weighted by atomic mass is 10.2. The number of hydrogen-bond donors (Lipinski definition) is 1. The molecule has 0 atom stereocenters. The Bertz CT molecular complexity index is 990. The molecule has 0 unspecified atom stereocenters. The normalized spacial score (nSPS) is 12.1. The highest BCUT2D eigenvalue weighted by Gasteiger charge is 2.21. The van der Waals surface area contributed by atoms with Gasteiger partial charge in [-0.2, -0.15) is 9.41 Å². The van der Waals surface area contributed by atoms with Gasteiger partial charge in [-0.1, -0.05) is 26.0 Å². The fraction of sp³-hybridized carbons (Fsp3) is 0.222. The van der Waals surface area contributed by atoms with Crippen molar-refractivity contribution in [1.29, 1.82) is 0 Å². The number of sulfonamides is 1. The highest BCUT2D eigenvalue weighted by atomic mass is 32.2. The second-order valence-electron chi connectivity index (χ2n) is 5.54. The molecule has 0 amide bonds. The summed E-state index contributed by atoms with van der Waals surface area (Å²) >= 11 is 1.41. The number of furan rings is 1. The van der Waals surface area contributed by atoms with Crippen molar-refractivity contribution in [3.8, 4) is 11.3 Å². The largest absolute Gasteiger partial charge is 0.463 e. The second kappa shape index (κ2) is 8.47. The quantitative estimate of drug-likeness (QED) is 0.455. The summed E-state index contributed by atoms with van der Waals surface area (Å²) in [7, 11) is -3.45. The molecular formula is C18H20N4O3S2. The first-order valence-corrected chi connectivity index (χ1v) is 10.7. The molecule has 9 heteroatoms. The van der Waals surface area contributed by atoms with Crippen molar-refractivity contribution >= 4 is 32.7 Å². The molecule has 2 heterocycles. The number of benzene rings is 1. The van der Waals surface area contributed by atoms with Crippen LogP contribution in [0, 0.1) is 0 Å². The second-order valence-corrected chi connectivity index (χ2v) is 8.33. The van der Waals surface area contributed by atoms with Crippen LogP contribution in [0.15, 0.2) is 62.5 Å². The highest BCUT2D eigenvalue weighted by Crippen LogP contribution is 2.26. The lowest BCUT2D eigenvalue weighted by Crippen LogP contribution is -2.30. The summed E-state index contributed by atoms with van der Waals surface area (Å²) in [5.74, 6) is 0.643. The molecule has 0 radical (unpaired) electrons. The average Bonchev–Trinajstić information content (AvgIpc) is 3.35. The third-order valence-corrected chi connectivity index (χ3v) is 6.70. The molecule has 0 aliphatic carbocycles. The van der Waals surface area contributed by atoms with E-state index in [-0.39, 0.29) is 4.90 Å². The number of hydrogen-bond acceptors (Lipinski definition) is 7. The van der Waals surface area contributed by atoms with E-state index >= 15 is 0 Å². The predicted octanol–water partition coefficient (Wildman–Crippen LogP) is 3.88. The lowest BCUT2D eigenvalue weighted by molar-refractivity contribution is 0.445. The van der Waals surface area contributed by atoms with E-state index in [1.54, 1.807) is 48.9 Å². The number of nitrogens with zero attached hydrogens (tertiary/aromatic N) is 3. The highest BCUT2D eigenvalue weighted by molar-refractivity contribution is 7.89. The fourth-order valence-electron chi connectivity index (χ4n) is 2.48. The van der Waals surface area contributed by atoms with Crippen molar-refractivity contribution in [2.45, 2.75) is 18.7 Å². The van der Waals surface area contributed by atoms with Crippen molar-refractivity contribution in [2.75, 3.05) is 18.5 Å². The molecule has 3 rings (SSSR count). The van der Waals surface area contributed by atoms with Crippen LogP contribution in [0.25, 0.3) is 11.3 Å². The van der Waals surface area contributed by atoms with Gasteiger partial charge in [-0.05, 0) is 24.3 Å². The van der Waals surface area contributed by atoms with Gasteiger partial charge in [-0.25, -0.2) is 13.4 Å². The summed E-state index contributed by atoms with van der Waals surface area (Å²) in [5.41, 5.74) is 4.45. The van der Waals surface area contributed by atoms with Crippen LogP contribution in [-0.2, 0) is 10.0 Å². The maximum Gasteiger partial charge on any atom is 0.243 e. The van der Waals surface area contributed by atoms with Crippen LogP contribution < -0.4 is 5.43 Å². The van der Waals surface area contributed by atoms with Crippen LogP contribution in [0.1, 0.15) is 19.6 Å².